The number of aliphatic imine (C=N–C) groups is 1. The van der Waals surface area contributed by atoms with Crippen LogP contribution in [0.4, 0.5) is 5.69 Å². The molecule has 24 heavy (non-hydrogen) atoms. The van der Waals surface area contributed by atoms with E-state index < -0.39 is 0 Å². The summed E-state index contributed by atoms with van der Waals surface area (Å²) in [4.78, 5) is 8.70. The van der Waals surface area contributed by atoms with Crippen LogP contribution >= 0.6 is 24.0 Å². The van der Waals surface area contributed by atoms with Crippen LogP contribution in [0, 0.1) is 5.92 Å². The van der Waals surface area contributed by atoms with Crippen molar-refractivity contribution < 1.29 is 4.74 Å². The standard InChI is InChI=1S/C18H30N4O.HI/c1-19-18(22(4)13-16-10-12-23-14-16)20-11-9-15-5-7-17(8-6-15)21(2)3;/h5-8,16H,9-14H2,1-4H3,(H,19,20);1H. The molecule has 0 aliphatic carbocycles. The van der Waals surface area contributed by atoms with Crippen molar-refractivity contribution in [3.05, 3.63) is 29.8 Å². The molecule has 1 heterocycles. The van der Waals surface area contributed by atoms with Crippen LogP contribution in [0.15, 0.2) is 29.3 Å². The van der Waals surface area contributed by atoms with Crippen LogP contribution in [-0.2, 0) is 11.2 Å². The summed E-state index contributed by atoms with van der Waals surface area (Å²) in [5, 5.41) is 3.45. The Balaban J connectivity index is 0.00000288. The van der Waals surface area contributed by atoms with Crippen LogP contribution in [0.25, 0.3) is 0 Å². The van der Waals surface area contributed by atoms with Gasteiger partial charge in [0.1, 0.15) is 0 Å². The maximum atomic E-state index is 5.45. The van der Waals surface area contributed by atoms with E-state index in [0.29, 0.717) is 5.92 Å². The van der Waals surface area contributed by atoms with Gasteiger partial charge < -0.3 is 19.9 Å². The van der Waals surface area contributed by atoms with Gasteiger partial charge >= 0.3 is 0 Å². The fraction of sp³-hybridized carbons (Fsp3) is 0.611. The minimum atomic E-state index is 0. The lowest BCUT2D eigenvalue weighted by molar-refractivity contribution is 0.181. The maximum absolute atomic E-state index is 5.45. The van der Waals surface area contributed by atoms with Crippen molar-refractivity contribution in [3.63, 3.8) is 0 Å². The molecule has 0 bridgehead atoms. The number of benzene rings is 1. The second kappa shape index (κ2) is 10.8. The molecule has 1 fully saturated rings. The molecule has 1 unspecified atom stereocenters. The van der Waals surface area contributed by atoms with E-state index in [-0.39, 0.29) is 24.0 Å². The van der Waals surface area contributed by atoms with Crippen molar-refractivity contribution in [3.8, 4) is 0 Å². The number of guanidine groups is 1. The summed E-state index contributed by atoms with van der Waals surface area (Å²) in [7, 11) is 8.06. The van der Waals surface area contributed by atoms with Gasteiger partial charge in [0.2, 0.25) is 0 Å². The van der Waals surface area contributed by atoms with E-state index in [9.17, 15) is 0 Å². The van der Waals surface area contributed by atoms with Crippen molar-refractivity contribution in [1.82, 2.24) is 10.2 Å². The molecule has 1 aliphatic rings. The summed E-state index contributed by atoms with van der Waals surface area (Å²) in [6, 6.07) is 8.71. The highest BCUT2D eigenvalue weighted by Crippen LogP contribution is 2.14. The van der Waals surface area contributed by atoms with Crippen LogP contribution in [0.2, 0.25) is 0 Å². The van der Waals surface area contributed by atoms with E-state index in [1.54, 1.807) is 0 Å². The van der Waals surface area contributed by atoms with Gasteiger partial charge in [-0.05, 0) is 30.5 Å². The number of nitrogens with zero attached hydrogens (tertiary/aromatic N) is 3. The fourth-order valence-corrected chi connectivity index (χ4v) is 2.87. The van der Waals surface area contributed by atoms with Crippen LogP contribution in [0.1, 0.15) is 12.0 Å². The summed E-state index contributed by atoms with van der Waals surface area (Å²) in [5.74, 6) is 1.58. The van der Waals surface area contributed by atoms with Gasteiger partial charge in [0, 0.05) is 59.5 Å². The molecule has 1 saturated heterocycles. The van der Waals surface area contributed by atoms with Crippen LogP contribution in [0.5, 0.6) is 0 Å². The molecule has 2 rings (SSSR count). The number of halogens is 1. The SMILES string of the molecule is CN=C(NCCc1ccc(N(C)C)cc1)N(C)CC1CCOC1.I. The predicted molar refractivity (Wildman–Crippen MR) is 113 cm³/mol. The molecule has 0 radical (unpaired) electrons. The molecule has 0 aromatic heterocycles. The topological polar surface area (TPSA) is 40.1 Å². The van der Waals surface area contributed by atoms with E-state index in [2.05, 4.69) is 65.5 Å². The molecule has 0 spiro atoms. The molecule has 1 aliphatic heterocycles. The van der Waals surface area contributed by atoms with E-state index in [0.717, 1.165) is 45.1 Å². The van der Waals surface area contributed by atoms with Gasteiger partial charge in [-0.15, -0.1) is 24.0 Å². The molecule has 0 saturated carbocycles. The summed E-state index contributed by atoms with van der Waals surface area (Å²) >= 11 is 0. The van der Waals surface area contributed by atoms with Crippen LogP contribution in [-0.4, -0.2) is 65.4 Å². The minimum absolute atomic E-state index is 0. The Labute approximate surface area is 163 Å². The third kappa shape index (κ3) is 6.47. The van der Waals surface area contributed by atoms with Crippen LogP contribution < -0.4 is 10.2 Å². The van der Waals surface area contributed by atoms with Gasteiger partial charge in [0.05, 0.1) is 6.61 Å². The van der Waals surface area contributed by atoms with Crippen LogP contribution in [0.3, 0.4) is 0 Å². The van der Waals surface area contributed by atoms with Gasteiger partial charge in [-0.25, -0.2) is 0 Å². The molecule has 1 atom stereocenters. The van der Waals surface area contributed by atoms with E-state index in [1.807, 2.05) is 7.05 Å². The van der Waals surface area contributed by atoms with E-state index >= 15 is 0 Å². The van der Waals surface area contributed by atoms with Gasteiger partial charge in [0.15, 0.2) is 5.96 Å². The van der Waals surface area contributed by atoms with Crippen molar-refractivity contribution >= 4 is 35.6 Å². The molecule has 5 nitrogen and oxygen atoms in total. The Morgan fingerprint density at radius 2 is 1.96 bits per heavy atom. The smallest absolute Gasteiger partial charge is 0.193 e. The highest BCUT2D eigenvalue weighted by Gasteiger charge is 2.18. The molecular weight excluding hydrogens is 415 g/mol. The highest BCUT2D eigenvalue weighted by molar-refractivity contribution is 14.0. The second-order valence-corrected chi connectivity index (χ2v) is 6.40. The van der Waals surface area contributed by atoms with Crippen molar-refractivity contribution in [2.24, 2.45) is 10.9 Å². The number of hydrogen-bond acceptors (Lipinski definition) is 3. The minimum Gasteiger partial charge on any atom is -0.381 e. The molecule has 136 valence electrons. The fourth-order valence-electron chi connectivity index (χ4n) is 2.87. The number of rotatable bonds is 6. The zero-order valence-corrected chi connectivity index (χ0v) is 17.6. The molecule has 1 N–H and O–H groups in total. The summed E-state index contributed by atoms with van der Waals surface area (Å²) in [5.41, 5.74) is 2.57. The summed E-state index contributed by atoms with van der Waals surface area (Å²) in [6.45, 7) is 3.66. The number of anilines is 1. The first-order chi connectivity index (χ1) is 11.1. The first kappa shape index (κ1) is 21.0. The second-order valence-electron chi connectivity index (χ2n) is 6.40. The third-order valence-electron chi connectivity index (χ3n) is 4.28. The zero-order chi connectivity index (χ0) is 16.7. The molecule has 1 aromatic carbocycles. The quantitative estimate of drug-likeness (QED) is 0.414. The van der Waals surface area contributed by atoms with E-state index in [4.69, 9.17) is 4.74 Å². The number of nitrogens with one attached hydrogen (secondary N) is 1. The lowest BCUT2D eigenvalue weighted by Crippen LogP contribution is -2.42. The van der Waals surface area contributed by atoms with Crippen molar-refractivity contribution in [2.45, 2.75) is 12.8 Å². The monoisotopic (exact) mass is 446 g/mol. The average molecular weight is 446 g/mol. The molecule has 6 heteroatoms. The Hall–Kier alpha value is -1.02. The van der Waals surface area contributed by atoms with Crippen molar-refractivity contribution in [2.75, 3.05) is 59.4 Å². The molecular formula is C18H31IN4O. The predicted octanol–water partition coefficient (Wildman–Crippen LogP) is 2.46. The lowest BCUT2D eigenvalue weighted by Gasteiger charge is -2.24. The Morgan fingerprint density at radius 3 is 2.50 bits per heavy atom. The third-order valence-corrected chi connectivity index (χ3v) is 4.28. The first-order valence-corrected chi connectivity index (χ1v) is 8.36. The first-order valence-electron chi connectivity index (χ1n) is 8.36. The summed E-state index contributed by atoms with van der Waals surface area (Å²) in [6.07, 6.45) is 2.15. The molecule has 0 amide bonds. The Kier molecular flexibility index (Phi) is 9.43. The largest absolute Gasteiger partial charge is 0.381 e. The zero-order valence-electron chi connectivity index (χ0n) is 15.3. The van der Waals surface area contributed by atoms with Gasteiger partial charge in [-0.3, -0.25) is 4.99 Å². The lowest BCUT2D eigenvalue weighted by atomic mass is 10.1. The summed E-state index contributed by atoms with van der Waals surface area (Å²) < 4.78 is 5.45. The van der Waals surface area contributed by atoms with E-state index in [1.165, 1.54) is 11.3 Å². The Bertz CT molecular complexity index is 498. The number of hydrogen-bond donors (Lipinski definition) is 1. The van der Waals surface area contributed by atoms with Crippen molar-refractivity contribution in [1.29, 1.82) is 0 Å². The van der Waals surface area contributed by atoms with Gasteiger partial charge in [0.25, 0.3) is 0 Å². The highest BCUT2D eigenvalue weighted by atomic mass is 127. The van der Waals surface area contributed by atoms with Gasteiger partial charge in [-0.1, -0.05) is 12.1 Å². The van der Waals surface area contributed by atoms with Gasteiger partial charge in [-0.2, -0.15) is 0 Å². The normalized spacial score (nSPS) is 17.3. The average Bonchev–Trinajstić information content (AvgIpc) is 3.04. The number of ether oxygens (including phenoxy) is 1. The maximum Gasteiger partial charge on any atom is 0.193 e. The molecule has 1 aromatic rings. The Morgan fingerprint density at radius 1 is 1.25 bits per heavy atom.